The molecule has 1 saturated carbocycles. The predicted molar refractivity (Wildman–Crippen MR) is 91.6 cm³/mol. The SMILES string of the molecule is CC(C1CC1)N(Cc1ccccc1)C(=O)CNC(=O)C(C)(C)C. The van der Waals surface area contributed by atoms with Crippen LogP contribution in [0, 0.1) is 11.3 Å². The smallest absolute Gasteiger partial charge is 0.242 e. The van der Waals surface area contributed by atoms with E-state index in [4.69, 9.17) is 0 Å². The molecule has 0 aliphatic heterocycles. The molecule has 4 nitrogen and oxygen atoms in total. The summed E-state index contributed by atoms with van der Waals surface area (Å²) >= 11 is 0. The van der Waals surface area contributed by atoms with Crippen LogP contribution >= 0.6 is 0 Å². The van der Waals surface area contributed by atoms with Gasteiger partial charge in [-0.3, -0.25) is 9.59 Å². The van der Waals surface area contributed by atoms with Gasteiger partial charge in [0.25, 0.3) is 0 Å². The fraction of sp³-hybridized carbons (Fsp3) is 0.579. The molecule has 1 N–H and O–H groups in total. The molecule has 1 atom stereocenters. The molecule has 23 heavy (non-hydrogen) atoms. The van der Waals surface area contributed by atoms with E-state index in [0.717, 1.165) is 5.56 Å². The zero-order valence-electron chi connectivity index (χ0n) is 14.6. The fourth-order valence-corrected chi connectivity index (χ4v) is 2.60. The van der Waals surface area contributed by atoms with E-state index in [1.165, 1.54) is 12.8 Å². The van der Waals surface area contributed by atoms with Gasteiger partial charge in [0.15, 0.2) is 0 Å². The standard InChI is InChI=1S/C19H28N2O2/c1-14(16-10-11-16)21(13-15-8-6-5-7-9-15)17(22)12-20-18(23)19(2,3)4/h5-9,14,16H,10-13H2,1-4H3,(H,20,23). The number of nitrogens with zero attached hydrogens (tertiary/aromatic N) is 1. The number of hydrogen-bond acceptors (Lipinski definition) is 2. The van der Waals surface area contributed by atoms with Gasteiger partial charge in [0.2, 0.25) is 11.8 Å². The maximum absolute atomic E-state index is 12.7. The Hall–Kier alpha value is -1.84. The molecular formula is C19H28N2O2. The number of rotatable bonds is 6. The zero-order chi connectivity index (χ0) is 17.0. The third kappa shape index (κ3) is 5.08. The molecule has 1 aliphatic carbocycles. The molecule has 126 valence electrons. The first-order valence-electron chi connectivity index (χ1n) is 8.40. The zero-order valence-corrected chi connectivity index (χ0v) is 14.6. The Bertz CT molecular complexity index is 544. The maximum atomic E-state index is 12.7. The Labute approximate surface area is 139 Å². The van der Waals surface area contributed by atoms with Crippen LogP contribution in [-0.4, -0.2) is 29.3 Å². The number of carbonyl (C=O) groups excluding carboxylic acids is 2. The summed E-state index contributed by atoms with van der Waals surface area (Å²) in [6, 6.07) is 10.2. The highest BCUT2D eigenvalue weighted by molar-refractivity contribution is 5.87. The van der Waals surface area contributed by atoms with Gasteiger partial charge in [0, 0.05) is 18.0 Å². The number of amides is 2. The van der Waals surface area contributed by atoms with E-state index in [1.54, 1.807) is 0 Å². The Morgan fingerprint density at radius 2 is 1.83 bits per heavy atom. The summed E-state index contributed by atoms with van der Waals surface area (Å²) in [5.41, 5.74) is 0.641. The lowest BCUT2D eigenvalue weighted by atomic mass is 9.96. The molecule has 0 bridgehead atoms. The Morgan fingerprint density at radius 3 is 2.35 bits per heavy atom. The van der Waals surface area contributed by atoms with Crippen LogP contribution in [0.25, 0.3) is 0 Å². The van der Waals surface area contributed by atoms with Crippen LogP contribution in [0.2, 0.25) is 0 Å². The van der Waals surface area contributed by atoms with Crippen molar-refractivity contribution in [1.82, 2.24) is 10.2 Å². The van der Waals surface area contributed by atoms with Gasteiger partial charge < -0.3 is 10.2 Å². The average Bonchev–Trinajstić information content (AvgIpc) is 3.34. The van der Waals surface area contributed by atoms with Crippen LogP contribution in [0.3, 0.4) is 0 Å². The lowest BCUT2D eigenvalue weighted by molar-refractivity contribution is -0.137. The summed E-state index contributed by atoms with van der Waals surface area (Å²) in [5.74, 6) is 0.497. The molecule has 0 aromatic heterocycles. The lowest BCUT2D eigenvalue weighted by Gasteiger charge is -2.30. The fourth-order valence-electron chi connectivity index (χ4n) is 2.60. The van der Waals surface area contributed by atoms with E-state index in [9.17, 15) is 9.59 Å². The van der Waals surface area contributed by atoms with Crippen molar-refractivity contribution in [2.75, 3.05) is 6.54 Å². The van der Waals surface area contributed by atoms with Crippen molar-refractivity contribution in [3.05, 3.63) is 35.9 Å². The molecule has 0 spiro atoms. The molecule has 1 aliphatic rings. The minimum absolute atomic E-state index is 0.00847. The van der Waals surface area contributed by atoms with E-state index in [0.29, 0.717) is 12.5 Å². The second-order valence-corrected chi connectivity index (χ2v) is 7.52. The van der Waals surface area contributed by atoms with Gasteiger partial charge in [0.05, 0.1) is 6.54 Å². The molecule has 1 aromatic rings. The van der Waals surface area contributed by atoms with Gasteiger partial charge in [-0.15, -0.1) is 0 Å². The number of carbonyl (C=O) groups is 2. The maximum Gasteiger partial charge on any atom is 0.242 e. The van der Waals surface area contributed by atoms with Crippen LogP contribution in [0.1, 0.15) is 46.1 Å². The van der Waals surface area contributed by atoms with Gasteiger partial charge >= 0.3 is 0 Å². The van der Waals surface area contributed by atoms with Crippen molar-refractivity contribution in [2.24, 2.45) is 11.3 Å². The Morgan fingerprint density at radius 1 is 1.22 bits per heavy atom. The first-order valence-corrected chi connectivity index (χ1v) is 8.40. The van der Waals surface area contributed by atoms with Gasteiger partial charge in [-0.05, 0) is 31.2 Å². The predicted octanol–water partition coefficient (Wildman–Crippen LogP) is 2.98. The average molecular weight is 316 g/mol. The highest BCUT2D eigenvalue weighted by Gasteiger charge is 2.34. The third-order valence-electron chi connectivity index (χ3n) is 4.39. The molecule has 2 amide bonds. The van der Waals surface area contributed by atoms with Gasteiger partial charge in [-0.25, -0.2) is 0 Å². The Balaban J connectivity index is 2.01. The van der Waals surface area contributed by atoms with E-state index in [2.05, 4.69) is 12.2 Å². The molecule has 4 heteroatoms. The second kappa shape index (κ2) is 7.16. The quantitative estimate of drug-likeness (QED) is 0.877. The molecule has 0 saturated heterocycles. The van der Waals surface area contributed by atoms with Crippen LogP contribution < -0.4 is 5.32 Å². The van der Waals surface area contributed by atoms with Crippen molar-refractivity contribution < 1.29 is 9.59 Å². The topological polar surface area (TPSA) is 49.4 Å². The normalized spacial score (nSPS) is 15.8. The van der Waals surface area contributed by atoms with Crippen LogP contribution in [0.15, 0.2) is 30.3 Å². The minimum Gasteiger partial charge on any atom is -0.347 e. The first-order chi connectivity index (χ1) is 10.8. The number of nitrogens with one attached hydrogen (secondary N) is 1. The van der Waals surface area contributed by atoms with Crippen LogP contribution in [0.4, 0.5) is 0 Å². The van der Waals surface area contributed by atoms with E-state index in [-0.39, 0.29) is 24.4 Å². The summed E-state index contributed by atoms with van der Waals surface area (Å²) in [4.78, 5) is 26.6. The van der Waals surface area contributed by atoms with Crippen molar-refractivity contribution in [3.63, 3.8) is 0 Å². The highest BCUT2D eigenvalue weighted by Crippen LogP contribution is 2.35. The third-order valence-corrected chi connectivity index (χ3v) is 4.39. The van der Waals surface area contributed by atoms with E-state index < -0.39 is 5.41 Å². The van der Waals surface area contributed by atoms with Crippen LogP contribution in [0.5, 0.6) is 0 Å². The molecule has 1 unspecified atom stereocenters. The Kier molecular flexibility index (Phi) is 5.45. The second-order valence-electron chi connectivity index (χ2n) is 7.52. The first kappa shape index (κ1) is 17.5. The molecule has 1 fully saturated rings. The summed E-state index contributed by atoms with van der Waals surface area (Å²) < 4.78 is 0. The van der Waals surface area contributed by atoms with E-state index in [1.807, 2.05) is 56.0 Å². The minimum atomic E-state index is -0.480. The lowest BCUT2D eigenvalue weighted by Crippen LogP contribution is -2.46. The molecule has 0 radical (unpaired) electrons. The van der Waals surface area contributed by atoms with Crippen molar-refractivity contribution in [1.29, 1.82) is 0 Å². The highest BCUT2D eigenvalue weighted by atomic mass is 16.2. The number of benzene rings is 1. The van der Waals surface area contributed by atoms with Crippen LogP contribution in [-0.2, 0) is 16.1 Å². The van der Waals surface area contributed by atoms with Gasteiger partial charge in [-0.2, -0.15) is 0 Å². The summed E-state index contributed by atoms with van der Waals surface area (Å²) in [5, 5.41) is 2.77. The molecule has 0 heterocycles. The largest absolute Gasteiger partial charge is 0.347 e. The molecule has 2 rings (SSSR count). The molecular weight excluding hydrogens is 288 g/mol. The van der Waals surface area contributed by atoms with E-state index >= 15 is 0 Å². The summed E-state index contributed by atoms with van der Waals surface area (Å²) in [6.07, 6.45) is 2.38. The summed E-state index contributed by atoms with van der Waals surface area (Å²) in [6.45, 7) is 8.33. The van der Waals surface area contributed by atoms with Gasteiger partial charge in [0.1, 0.15) is 0 Å². The van der Waals surface area contributed by atoms with Crippen molar-refractivity contribution in [3.8, 4) is 0 Å². The van der Waals surface area contributed by atoms with Crippen molar-refractivity contribution in [2.45, 2.75) is 53.1 Å². The summed E-state index contributed by atoms with van der Waals surface area (Å²) in [7, 11) is 0. The molecule has 1 aromatic carbocycles. The number of hydrogen-bond donors (Lipinski definition) is 1. The van der Waals surface area contributed by atoms with Crippen molar-refractivity contribution >= 4 is 11.8 Å². The monoisotopic (exact) mass is 316 g/mol. The van der Waals surface area contributed by atoms with Gasteiger partial charge in [-0.1, -0.05) is 51.1 Å².